The maximum absolute atomic E-state index is 12.4. The zero-order valence-electron chi connectivity index (χ0n) is 21.6. The zero-order valence-corrected chi connectivity index (χ0v) is 15.6. The molecular formula is C20H31N3O3. The van der Waals surface area contributed by atoms with E-state index >= 15 is 0 Å². The van der Waals surface area contributed by atoms with Gasteiger partial charge in [-0.25, -0.2) is 4.79 Å². The Morgan fingerprint density at radius 3 is 2.42 bits per heavy atom. The quantitative estimate of drug-likeness (QED) is 0.824. The third-order valence-electron chi connectivity index (χ3n) is 4.05. The minimum absolute atomic E-state index is 0.0199. The molecule has 1 aromatic carbocycles. The SMILES string of the molecule is [2H]C([2H])([2H])N(C(=O)Cc1ccc(N2CCCN(C(=O)OC(C)(C)C)CC2)cc1)C([2H])([2H])[2H]. The Balaban J connectivity index is 2.02. The Kier molecular flexibility index (Phi) is 4.22. The second-order valence-electron chi connectivity index (χ2n) is 7.38. The Morgan fingerprint density at radius 2 is 1.81 bits per heavy atom. The fourth-order valence-electron chi connectivity index (χ4n) is 2.76. The van der Waals surface area contributed by atoms with E-state index in [1.807, 2.05) is 20.8 Å². The summed E-state index contributed by atoms with van der Waals surface area (Å²) in [5.74, 6) is -0.986. The summed E-state index contributed by atoms with van der Waals surface area (Å²) in [7, 11) is 0. The molecular weight excluding hydrogens is 330 g/mol. The number of likely N-dealkylation sites (N-methyl/N-ethyl adjacent to an activating group) is 1. The van der Waals surface area contributed by atoms with Gasteiger partial charge in [0.1, 0.15) is 5.60 Å². The first-order chi connectivity index (χ1) is 14.6. The highest BCUT2D eigenvalue weighted by Gasteiger charge is 2.24. The molecule has 0 atom stereocenters. The summed E-state index contributed by atoms with van der Waals surface area (Å²) >= 11 is 0. The number of anilines is 1. The number of hydrogen-bond acceptors (Lipinski definition) is 4. The summed E-state index contributed by atoms with van der Waals surface area (Å²) in [5, 5.41) is 0. The van der Waals surface area contributed by atoms with Crippen LogP contribution in [0.3, 0.4) is 0 Å². The summed E-state index contributed by atoms with van der Waals surface area (Å²) in [6.07, 6.45) is 0.107. The molecule has 0 spiro atoms. The van der Waals surface area contributed by atoms with E-state index in [0.29, 0.717) is 25.2 Å². The van der Waals surface area contributed by atoms with Gasteiger partial charge in [0.15, 0.2) is 0 Å². The smallest absolute Gasteiger partial charge is 0.410 e. The third-order valence-corrected chi connectivity index (χ3v) is 4.05. The van der Waals surface area contributed by atoms with Crippen LogP contribution in [-0.2, 0) is 16.0 Å². The molecule has 6 heteroatoms. The number of nitrogens with zero attached hydrogens (tertiary/aromatic N) is 3. The van der Waals surface area contributed by atoms with Crippen LogP contribution in [0.15, 0.2) is 24.3 Å². The summed E-state index contributed by atoms with van der Waals surface area (Å²) in [6, 6.07) is 6.98. The van der Waals surface area contributed by atoms with Crippen molar-refractivity contribution in [2.75, 3.05) is 45.0 Å². The van der Waals surface area contributed by atoms with E-state index in [-0.39, 0.29) is 17.4 Å². The summed E-state index contributed by atoms with van der Waals surface area (Å²) in [6.45, 7) is 1.86. The second kappa shape index (κ2) is 8.43. The predicted octanol–water partition coefficient (Wildman–Crippen LogP) is 2.76. The number of benzene rings is 1. The lowest BCUT2D eigenvalue weighted by Crippen LogP contribution is -2.39. The standard InChI is InChI=1S/C20H31N3O3/c1-20(2,3)26-19(25)23-12-6-11-22(13-14-23)17-9-7-16(8-10-17)15-18(24)21(4)5/h7-10H,6,11-15H2,1-5H3/i4D3,5D3. The molecule has 26 heavy (non-hydrogen) atoms. The van der Waals surface area contributed by atoms with E-state index < -0.39 is 25.5 Å². The first-order valence-electron chi connectivity index (χ1n) is 11.7. The minimum Gasteiger partial charge on any atom is -0.444 e. The molecule has 2 amide bonds. The van der Waals surface area contributed by atoms with Gasteiger partial charge in [-0.2, -0.15) is 0 Å². The fraction of sp³-hybridized carbons (Fsp3) is 0.600. The molecule has 0 radical (unpaired) electrons. The van der Waals surface area contributed by atoms with E-state index in [2.05, 4.69) is 4.90 Å². The van der Waals surface area contributed by atoms with Crippen molar-refractivity contribution in [2.45, 2.75) is 39.2 Å². The van der Waals surface area contributed by atoms with Crippen LogP contribution in [0, 0.1) is 0 Å². The third kappa shape index (κ3) is 5.93. The molecule has 6 nitrogen and oxygen atoms in total. The summed E-state index contributed by atoms with van der Waals surface area (Å²) in [4.78, 5) is 28.5. The van der Waals surface area contributed by atoms with Crippen molar-refractivity contribution in [3.63, 3.8) is 0 Å². The minimum atomic E-state index is -3.05. The average Bonchev–Trinajstić information content (AvgIpc) is 2.84. The highest BCUT2D eigenvalue weighted by molar-refractivity contribution is 5.78. The molecule has 0 saturated carbocycles. The van der Waals surface area contributed by atoms with Crippen LogP contribution in [0.5, 0.6) is 0 Å². The topological polar surface area (TPSA) is 53.1 Å². The van der Waals surface area contributed by atoms with E-state index in [1.165, 1.54) is 0 Å². The first kappa shape index (κ1) is 13.0. The largest absolute Gasteiger partial charge is 0.444 e. The van der Waals surface area contributed by atoms with Crippen molar-refractivity contribution < 1.29 is 22.6 Å². The normalized spacial score (nSPS) is 19.8. The number of amides is 2. The molecule has 0 N–H and O–H groups in total. The molecule has 0 aliphatic carbocycles. The van der Waals surface area contributed by atoms with Crippen molar-refractivity contribution in [3.05, 3.63) is 29.8 Å². The fourth-order valence-corrected chi connectivity index (χ4v) is 2.76. The highest BCUT2D eigenvalue weighted by Crippen LogP contribution is 2.19. The predicted molar refractivity (Wildman–Crippen MR) is 103 cm³/mol. The van der Waals surface area contributed by atoms with Crippen molar-refractivity contribution >= 4 is 17.7 Å². The molecule has 1 saturated heterocycles. The monoisotopic (exact) mass is 367 g/mol. The molecule has 1 aliphatic heterocycles. The van der Waals surface area contributed by atoms with Gasteiger partial charge in [0, 0.05) is 54.0 Å². The summed E-state index contributed by atoms with van der Waals surface area (Å²) < 4.78 is 49.6. The van der Waals surface area contributed by atoms with E-state index in [0.717, 1.165) is 18.7 Å². The molecule has 1 aromatic rings. The molecule has 1 heterocycles. The lowest BCUT2D eigenvalue weighted by molar-refractivity contribution is -0.127. The molecule has 0 aromatic heterocycles. The first-order valence-corrected chi connectivity index (χ1v) is 8.73. The molecule has 0 unspecified atom stereocenters. The van der Waals surface area contributed by atoms with Crippen LogP contribution in [0.2, 0.25) is 0 Å². The van der Waals surface area contributed by atoms with Crippen LogP contribution in [0.4, 0.5) is 10.5 Å². The second-order valence-corrected chi connectivity index (χ2v) is 7.38. The Hall–Kier alpha value is -2.24. The molecule has 144 valence electrons. The van der Waals surface area contributed by atoms with Crippen molar-refractivity contribution in [1.82, 2.24) is 9.80 Å². The molecule has 1 fully saturated rings. The van der Waals surface area contributed by atoms with Crippen molar-refractivity contribution in [1.29, 1.82) is 0 Å². The zero-order chi connectivity index (χ0) is 24.3. The summed E-state index contributed by atoms with van der Waals surface area (Å²) in [5.41, 5.74) is 0.864. The Bertz CT molecular complexity index is 789. The van der Waals surface area contributed by atoms with Crippen molar-refractivity contribution in [3.8, 4) is 0 Å². The Labute approximate surface area is 165 Å². The number of hydrogen-bond donors (Lipinski definition) is 0. The van der Waals surface area contributed by atoms with Crippen LogP contribution in [-0.4, -0.2) is 67.5 Å². The maximum Gasteiger partial charge on any atom is 0.410 e. The van der Waals surface area contributed by atoms with Gasteiger partial charge in [-0.1, -0.05) is 12.1 Å². The van der Waals surface area contributed by atoms with Gasteiger partial charge in [0.2, 0.25) is 5.91 Å². The lowest BCUT2D eigenvalue weighted by Gasteiger charge is -2.27. The molecule has 2 rings (SSSR count). The Morgan fingerprint density at radius 1 is 1.12 bits per heavy atom. The van der Waals surface area contributed by atoms with Gasteiger partial charge in [-0.05, 0) is 44.9 Å². The van der Waals surface area contributed by atoms with Gasteiger partial charge in [0.05, 0.1) is 6.42 Å². The van der Waals surface area contributed by atoms with Crippen LogP contribution < -0.4 is 4.90 Å². The number of rotatable bonds is 3. The van der Waals surface area contributed by atoms with Gasteiger partial charge in [-0.3, -0.25) is 4.79 Å². The average molecular weight is 368 g/mol. The van der Waals surface area contributed by atoms with Gasteiger partial charge in [-0.15, -0.1) is 0 Å². The number of carbonyl (C=O) groups is 2. The molecule has 1 aliphatic rings. The van der Waals surface area contributed by atoms with E-state index in [1.54, 1.807) is 29.2 Å². The van der Waals surface area contributed by atoms with E-state index in [9.17, 15) is 9.59 Å². The van der Waals surface area contributed by atoms with Crippen LogP contribution in [0.1, 0.15) is 41.0 Å². The van der Waals surface area contributed by atoms with Gasteiger partial charge in [0.25, 0.3) is 0 Å². The maximum atomic E-state index is 12.4. The van der Waals surface area contributed by atoms with Crippen molar-refractivity contribution in [2.24, 2.45) is 0 Å². The van der Waals surface area contributed by atoms with E-state index in [4.69, 9.17) is 13.0 Å². The lowest BCUT2D eigenvalue weighted by atomic mass is 10.1. The van der Waals surface area contributed by atoms with Crippen LogP contribution >= 0.6 is 0 Å². The number of ether oxygens (including phenoxy) is 1. The highest BCUT2D eigenvalue weighted by atomic mass is 16.6. The van der Waals surface area contributed by atoms with Gasteiger partial charge >= 0.3 is 6.09 Å². The van der Waals surface area contributed by atoms with Crippen LogP contribution in [0.25, 0.3) is 0 Å². The van der Waals surface area contributed by atoms with Gasteiger partial charge < -0.3 is 19.4 Å². The molecule has 0 bridgehead atoms. The number of carbonyl (C=O) groups excluding carboxylic acids is 2.